The number of rotatable bonds is 8. The fourth-order valence-corrected chi connectivity index (χ4v) is 5.09. The number of hydrogen-bond donors (Lipinski definition) is 1. The summed E-state index contributed by atoms with van der Waals surface area (Å²) >= 11 is 0. The predicted octanol–water partition coefficient (Wildman–Crippen LogP) is 3.22. The van der Waals surface area contributed by atoms with Gasteiger partial charge in [0.2, 0.25) is 10.0 Å². The van der Waals surface area contributed by atoms with Gasteiger partial charge in [-0.05, 0) is 60.4 Å². The van der Waals surface area contributed by atoms with Crippen molar-refractivity contribution in [3.63, 3.8) is 0 Å². The Morgan fingerprint density at radius 2 is 1.75 bits per heavy atom. The van der Waals surface area contributed by atoms with E-state index in [1.807, 2.05) is 0 Å². The van der Waals surface area contributed by atoms with Crippen LogP contribution in [0.3, 0.4) is 0 Å². The summed E-state index contributed by atoms with van der Waals surface area (Å²) in [4.78, 5) is 24.9. The monoisotopic (exact) mass is 510 g/mol. The minimum Gasteiger partial charge on any atom is -0.480 e. The van der Waals surface area contributed by atoms with E-state index < -0.39 is 27.6 Å². The van der Waals surface area contributed by atoms with Gasteiger partial charge < -0.3 is 5.11 Å². The zero-order chi connectivity index (χ0) is 26.0. The van der Waals surface area contributed by atoms with Gasteiger partial charge >= 0.3 is 5.97 Å². The van der Waals surface area contributed by atoms with Gasteiger partial charge in [0, 0.05) is 6.54 Å². The van der Waals surface area contributed by atoms with Crippen LogP contribution in [-0.2, 0) is 21.4 Å². The maximum absolute atomic E-state index is 14.0. The molecule has 0 bridgehead atoms. The molecule has 36 heavy (non-hydrogen) atoms. The first-order valence-corrected chi connectivity index (χ1v) is 12.8. The van der Waals surface area contributed by atoms with Crippen molar-refractivity contribution in [1.29, 1.82) is 0 Å². The molecule has 3 aromatic carbocycles. The lowest BCUT2D eigenvalue weighted by molar-refractivity contribution is -0.138. The zero-order valence-electron chi connectivity index (χ0n) is 19.5. The normalized spacial score (nSPS) is 12.4. The molecule has 0 fully saturated rings. The SMILES string of the molecule is Cc1ccc(-c2ccc(N(C(CCn3nnc4ccccc4c3=O)C(=O)O)S(C)(=O)=O)cc2)cc1F. The second-order valence-electron chi connectivity index (χ2n) is 8.35. The number of aliphatic carboxylic acids is 1. The molecule has 0 saturated heterocycles. The van der Waals surface area contributed by atoms with Crippen molar-refractivity contribution in [3.05, 3.63) is 88.5 Å². The smallest absolute Gasteiger partial charge is 0.327 e. The average Bonchev–Trinajstić information content (AvgIpc) is 2.84. The van der Waals surface area contributed by atoms with Gasteiger partial charge in [-0.15, -0.1) is 5.10 Å². The van der Waals surface area contributed by atoms with Gasteiger partial charge in [-0.1, -0.05) is 41.6 Å². The summed E-state index contributed by atoms with van der Waals surface area (Å²) in [5, 5.41) is 18.1. The highest BCUT2D eigenvalue weighted by Crippen LogP contribution is 2.28. The summed E-state index contributed by atoms with van der Waals surface area (Å²) in [7, 11) is -4.03. The van der Waals surface area contributed by atoms with Crippen LogP contribution in [0.5, 0.6) is 0 Å². The van der Waals surface area contributed by atoms with Gasteiger partial charge in [-0.2, -0.15) is 0 Å². The maximum Gasteiger partial charge on any atom is 0.327 e. The standard InChI is InChI=1S/C25H23FN4O5S/c1-16-7-8-18(15-21(16)26)17-9-11-19(12-10-17)30(36(2,34)35)23(25(32)33)13-14-29-24(31)20-5-3-4-6-22(20)27-28-29/h3-12,15,23H,13-14H2,1-2H3,(H,32,33). The highest BCUT2D eigenvalue weighted by molar-refractivity contribution is 7.92. The number of halogens is 1. The van der Waals surface area contributed by atoms with Gasteiger partial charge in [0.05, 0.1) is 17.3 Å². The number of carbonyl (C=O) groups is 1. The average molecular weight is 511 g/mol. The van der Waals surface area contributed by atoms with Gasteiger partial charge in [-0.3, -0.25) is 9.10 Å². The number of anilines is 1. The molecule has 0 saturated carbocycles. The van der Waals surface area contributed by atoms with Crippen LogP contribution in [0.25, 0.3) is 22.0 Å². The maximum atomic E-state index is 14.0. The molecule has 0 aliphatic carbocycles. The van der Waals surface area contributed by atoms with Crippen LogP contribution in [0.1, 0.15) is 12.0 Å². The molecule has 1 unspecified atom stereocenters. The number of carboxylic acids is 1. The van der Waals surface area contributed by atoms with E-state index in [0.717, 1.165) is 15.2 Å². The topological polar surface area (TPSA) is 122 Å². The number of hydrogen-bond acceptors (Lipinski definition) is 6. The van der Waals surface area contributed by atoms with Gasteiger partial charge in [0.15, 0.2) is 0 Å². The Bertz CT molecular complexity index is 1600. The second kappa shape index (κ2) is 9.86. The third-order valence-electron chi connectivity index (χ3n) is 5.80. The number of fused-ring (bicyclic) bond motifs is 1. The first kappa shape index (κ1) is 25.0. The Balaban J connectivity index is 1.65. The van der Waals surface area contributed by atoms with E-state index >= 15 is 0 Å². The van der Waals surface area contributed by atoms with E-state index in [1.165, 1.54) is 18.2 Å². The number of aryl methyl sites for hydroxylation is 2. The van der Waals surface area contributed by atoms with Crippen LogP contribution < -0.4 is 9.86 Å². The lowest BCUT2D eigenvalue weighted by atomic mass is 10.0. The lowest BCUT2D eigenvalue weighted by Gasteiger charge is -2.29. The third-order valence-corrected chi connectivity index (χ3v) is 6.98. The van der Waals surface area contributed by atoms with Crippen molar-refractivity contribution in [1.82, 2.24) is 15.0 Å². The molecular formula is C25H23FN4O5S. The minimum atomic E-state index is -4.03. The molecule has 1 heterocycles. The lowest BCUT2D eigenvalue weighted by Crippen LogP contribution is -2.46. The van der Waals surface area contributed by atoms with Crippen molar-refractivity contribution in [2.45, 2.75) is 25.9 Å². The molecule has 0 radical (unpaired) electrons. The fraction of sp³-hybridized carbons (Fsp3) is 0.200. The van der Waals surface area contributed by atoms with Crippen LogP contribution in [0.2, 0.25) is 0 Å². The fourth-order valence-electron chi connectivity index (χ4n) is 3.93. The predicted molar refractivity (Wildman–Crippen MR) is 134 cm³/mol. The van der Waals surface area contributed by atoms with Crippen LogP contribution in [0, 0.1) is 12.7 Å². The number of aromatic nitrogens is 3. The summed E-state index contributed by atoms with van der Waals surface area (Å²) in [5.74, 6) is -1.75. The molecule has 1 aromatic heterocycles. The summed E-state index contributed by atoms with van der Waals surface area (Å²) in [6.07, 6.45) is 0.675. The van der Waals surface area contributed by atoms with Crippen LogP contribution >= 0.6 is 0 Å². The molecule has 11 heteroatoms. The van der Waals surface area contributed by atoms with Gasteiger partial charge in [0.1, 0.15) is 17.4 Å². The number of nitrogens with zero attached hydrogens (tertiary/aromatic N) is 4. The summed E-state index contributed by atoms with van der Waals surface area (Å²) < 4.78 is 41.2. The molecule has 1 atom stereocenters. The second-order valence-corrected chi connectivity index (χ2v) is 10.2. The minimum absolute atomic E-state index is 0.123. The highest BCUT2D eigenvalue weighted by Gasteiger charge is 2.33. The molecule has 0 aliphatic heterocycles. The van der Waals surface area contributed by atoms with E-state index in [2.05, 4.69) is 10.3 Å². The number of carboxylic acid groups (broad SMARTS) is 1. The molecule has 4 rings (SSSR count). The van der Waals surface area contributed by atoms with Crippen molar-refractivity contribution in [3.8, 4) is 11.1 Å². The Morgan fingerprint density at radius 3 is 2.39 bits per heavy atom. The highest BCUT2D eigenvalue weighted by atomic mass is 32.2. The van der Waals surface area contributed by atoms with E-state index in [-0.39, 0.29) is 24.5 Å². The van der Waals surface area contributed by atoms with E-state index in [9.17, 15) is 27.5 Å². The molecule has 4 aromatic rings. The van der Waals surface area contributed by atoms with Crippen molar-refractivity contribution >= 4 is 32.6 Å². The largest absolute Gasteiger partial charge is 0.480 e. The quantitative estimate of drug-likeness (QED) is 0.386. The molecule has 0 spiro atoms. The van der Waals surface area contributed by atoms with Crippen LogP contribution in [-0.4, -0.2) is 46.8 Å². The zero-order valence-corrected chi connectivity index (χ0v) is 20.3. The first-order chi connectivity index (χ1) is 17.1. The van der Waals surface area contributed by atoms with Crippen molar-refractivity contribution in [2.24, 2.45) is 0 Å². The molecule has 9 nitrogen and oxygen atoms in total. The summed E-state index contributed by atoms with van der Waals surface area (Å²) in [6.45, 7) is 1.48. The third kappa shape index (κ3) is 5.10. The number of sulfonamides is 1. The van der Waals surface area contributed by atoms with Crippen molar-refractivity contribution < 1.29 is 22.7 Å². The Morgan fingerprint density at radius 1 is 1.08 bits per heavy atom. The summed E-state index contributed by atoms with van der Waals surface area (Å²) in [6, 6.07) is 16.0. The Kier molecular flexibility index (Phi) is 6.84. The molecule has 186 valence electrons. The summed E-state index contributed by atoms with van der Waals surface area (Å²) in [5.41, 5.74) is 1.80. The molecule has 0 amide bonds. The molecule has 1 N–H and O–H groups in total. The Labute approximate surface area is 206 Å². The Hall–Kier alpha value is -4.12. The van der Waals surface area contributed by atoms with Crippen LogP contribution in [0.15, 0.2) is 71.5 Å². The van der Waals surface area contributed by atoms with Crippen LogP contribution in [0.4, 0.5) is 10.1 Å². The molecule has 0 aliphatic rings. The van der Waals surface area contributed by atoms with Crippen molar-refractivity contribution in [2.75, 3.05) is 10.6 Å². The van der Waals surface area contributed by atoms with Gasteiger partial charge in [0.25, 0.3) is 5.56 Å². The van der Waals surface area contributed by atoms with E-state index in [1.54, 1.807) is 55.5 Å². The van der Waals surface area contributed by atoms with E-state index in [4.69, 9.17) is 0 Å². The number of benzene rings is 3. The first-order valence-electron chi connectivity index (χ1n) is 11.0. The van der Waals surface area contributed by atoms with Gasteiger partial charge in [-0.25, -0.2) is 22.3 Å². The molecular weight excluding hydrogens is 487 g/mol. The van der Waals surface area contributed by atoms with E-state index in [0.29, 0.717) is 27.6 Å².